The van der Waals surface area contributed by atoms with Gasteiger partial charge in [-0.25, -0.2) is 0 Å². The normalized spacial score (nSPS) is 20.6. The van der Waals surface area contributed by atoms with Crippen molar-refractivity contribution >= 4 is 11.6 Å². The number of amides is 1. The fourth-order valence-corrected chi connectivity index (χ4v) is 2.75. The Morgan fingerprint density at radius 3 is 2.90 bits per heavy atom. The highest BCUT2D eigenvalue weighted by Crippen LogP contribution is 2.36. The summed E-state index contributed by atoms with van der Waals surface area (Å²) in [4.78, 5) is 11.9. The summed E-state index contributed by atoms with van der Waals surface area (Å²) in [7, 11) is 1.62. The van der Waals surface area contributed by atoms with Gasteiger partial charge < -0.3 is 15.4 Å². The minimum Gasteiger partial charge on any atom is -0.497 e. The summed E-state index contributed by atoms with van der Waals surface area (Å²) >= 11 is 0. The van der Waals surface area contributed by atoms with Gasteiger partial charge in [-0.3, -0.25) is 4.79 Å². The van der Waals surface area contributed by atoms with E-state index in [1.807, 2.05) is 24.3 Å². The summed E-state index contributed by atoms with van der Waals surface area (Å²) in [6.45, 7) is 4.92. The first-order chi connectivity index (χ1) is 9.48. The van der Waals surface area contributed by atoms with Crippen molar-refractivity contribution in [3.8, 4) is 5.75 Å². The molecule has 1 unspecified atom stereocenters. The number of ether oxygens (including phenoxy) is 1. The highest BCUT2D eigenvalue weighted by atomic mass is 16.5. The van der Waals surface area contributed by atoms with E-state index in [1.54, 1.807) is 7.11 Å². The van der Waals surface area contributed by atoms with E-state index in [4.69, 9.17) is 4.74 Å². The largest absolute Gasteiger partial charge is 0.497 e. The fraction of sp³-hybridized carbons (Fsp3) is 0.562. The summed E-state index contributed by atoms with van der Waals surface area (Å²) in [6.07, 6.45) is 3.51. The molecule has 1 aromatic carbocycles. The van der Waals surface area contributed by atoms with Crippen LogP contribution in [0.1, 0.15) is 33.1 Å². The minimum atomic E-state index is -0.0111. The van der Waals surface area contributed by atoms with Gasteiger partial charge in [0.1, 0.15) is 5.75 Å². The van der Waals surface area contributed by atoms with Crippen LogP contribution in [0.15, 0.2) is 24.3 Å². The SMILES string of the molecule is COc1cccc(NC(=O)CNC2CCC(C)(C)C2)c1. The molecule has 0 saturated heterocycles. The van der Waals surface area contributed by atoms with Crippen molar-refractivity contribution in [2.24, 2.45) is 5.41 Å². The lowest BCUT2D eigenvalue weighted by Gasteiger charge is -2.17. The molecule has 4 nitrogen and oxygen atoms in total. The summed E-state index contributed by atoms with van der Waals surface area (Å²) in [5.41, 5.74) is 1.17. The van der Waals surface area contributed by atoms with Crippen LogP contribution < -0.4 is 15.4 Å². The standard InChI is InChI=1S/C16H24N2O2/c1-16(2)8-7-13(10-16)17-11-15(19)18-12-5-4-6-14(9-12)20-3/h4-6,9,13,17H,7-8,10-11H2,1-3H3,(H,18,19). The highest BCUT2D eigenvalue weighted by Gasteiger charge is 2.30. The van der Waals surface area contributed by atoms with Gasteiger partial charge in [-0.15, -0.1) is 0 Å². The molecule has 0 aliphatic heterocycles. The van der Waals surface area contributed by atoms with Gasteiger partial charge in [-0.2, -0.15) is 0 Å². The van der Waals surface area contributed by atoms with E-state index in [9.17, 15) is 4.79 Å². The topological polar surface area (TPSA) is 50.4 Å². The third kappa shape index (κ3) is 4.23. The zero-order chi connectivity index (χ0) is 14.6. The Morgan fingerprint density at radius 1 is 1.45 bits per heavy atom. The number of hydrogen-bond acceptors (Lipinski definition) is 3. The Hall–Kier alpha value is -1.55. The maximum absolute atomic E-state index is 11.9. The third-order valence-electron chi connectivity index (χ3n) is 3.87. The molecule has 2 N–H and O–H groups in total. The van der Waals surface area contributed by atoms with Crippen LogP contribution in [0.3, 0.4) is 0 Å². The average Bonchev–Trinajstić information content (AvgIpc) is 2.76. The number of hydrogen-bond donors (Lipinski definition) is 2. The van der Waals surface area contributed by atoms with Gasteiger partial charge in [0.05, 0.1) is 13.7 Å². The molecule has 1 aliphatic carbocycles. The molecule has 1 amide bonds. The third-order valence-corrected chi connectivity index (χ3v) is 3.87. The molecule has 1 saturated carbocycles. The Kier molecular flexibility index (Phi) is 4.65. The predicted molar refractivity (Wildman–Crippen MR) is 81.0 cm³/mol. The second kappa shape index (κ2) is 6.27. The van der Waals surface area contributed by atoms with Crippen LogP contribution in [0.5, 0.6) is 5.75 Å². The molecule has 0 radical (unpaired) electrons. The number of carbonyl (C=O) groups excluding carboxylic acids is 1. The van der Waals surface area contributed by atoms with E-state index in [2.05, 4.69) is 24.5 Å². The Balaban J connectivity index is 1.78. The first kappa shape index (κ1) is 14.9. The quantitative estimate of drug-likeness (QED) is 0.869. The van der Waals surface area contributed by atoms with Crippen molar-refractivity contribution in [1.82, 2.24) is 5.32 Å². The van der Waals surface area contributed by atoms with Gasteiger partial charge in [0.2, 0.25) is 5.91 Å². The molecule has 1 aliphatic rings. The molecule has 1 atom stereocenters. The highest BCUT2D eigenvalue weighted by molar-refractivity contribution is 5.92. The van der Waals surface area contributed by atoms with Crippen LogP contribution in [0.4, 0.5) is 5.69 Å². The maximum Gasteiger partial charge on any atom is 0.238 e. The van der Waals surface area contributed by atoms with Crippen molar-refractivity contribution in [1.29, 1.82) is 0 Å². The molecule has 2 rings (SSSR count). The van der Waals surface area contributed by atoms with Crippen molar-refractivity contribution in [3.63, 3.8) is 0 Å². The van der Waals surface area contributed by atoms with Crippen LogP contribution in [0, 0.1) is 5.41 Å². The number of nitrogens with one attached hydrogen (secondary N) is 2. The molecule has 0 heterocycles. The van der Waals surface area contributed by atoms with Crippen LogP contribution in [0.25, 0.3) is 0 Å². The lowest BCUT2D eigenvalue weighted by atomic mass is 9.92. The molecule has 0 spiro atoms. The molecule has 4 heteroatoms. The second-order valence-electron chi connectivity index (χ2n) is 6.26. The molecule has 1 fully saturated rings. The Labute approximate surface area is 120 Å². The van der Waals surface area contributed by atoms with Crippen molar-refractivity contribution in [2.45, 2.75) is 39.2 Å². The monoisotopic (exact) mass is 276 g/mol. The molecule has 0 aromatic heterocycles. The van der Waals surface area contributed by atoms with Crippen LogP contribution >= 0.6 is 0 Å². The van der Waals surface area contributed by atoms with Crippen LogP contribution in [0.2, 0.25) is 0 Å². The second-order valence-corrected chi connectivity index (χ2v) is 6.26. The molecule has 1 aromatic rings. The van der Waals surface area contributed by atoms with Gasteiger partial charge in [-0.1, -0.05) is 19.9 Å². The first-order valence-electron chi connectivity index (χ1n) is 7.16. The smallest absolute Gasteiger partial charge is 0.238 e. The molecule has 20 heavy (non-hydrogen) atoms. The zero-order valence-corrected chi connectivity index (χ0v) is 12.5. The van der Waals surface area contributed by atoms with E-state index >= 15 is 0 Å². The van der Waals surface area contributed by atoms with Gasteiger partial charge in [-0.05, 0) is 36.8 Å². The van der Waals surface area contributed by atoms with Crippen molar-refractivity contribution < 1.29 is 9.53 Å². The zero-order valence-electron chi connectivity index (χ0n) is 12.5. The molecule has 0 bridgehead atoms. The number of rotatable bonds is 5. The molecular weight excluding hydrogens is 252 g/mol. The number of benzene rings is 1. The maximum atomic E-state index is 11.9. The van der Waals surface area contributed by atoms with E-state index in [-0.39, 0.29) is 5.91 Å². The number of methoxy groups -OCH3 is 1. The minimum absolute atomic E-state index is 0.0111. The summed E-state index contributed by atoms with van der Waals surface area (Å²) in [5, 5.41) is 6.22. The van der Waals surface area contributed by atoms with Gasteiger partial charge in [0, 0.05) is 17.8 Å². The fourth-order valence-electron chi connectivity index (χ4n) is 2.75. The van der Waals surface area contributed by atoms with Crippen molar-refractivity contribution in [3.05, 3.63) is 24.3 Å². The molecule has 110 valence electrons. The lowest BCUT2D eigenvalue weighted by Crippen LogP contribution is -2.35. The predicted octanol–water partition coefficient (Wildman–Crippen LogP) is 2.80. The van der Waals surface area contributed by atoms with Crippen molar-refractivity contribution in [2.75, 3.05) is 19.0 Å². The van der Waals surface area contributed by atoms with Crippen LogP contribution in [-0.4, -0.2) is 25.6 Å². The van der Waals surface area contributed by atoms with E-state index in [0.29, 0.717) is 18.0 Å². The summed E-state index contributed by atoms with van der Waals surface area (Å²) in [5.74, 6) is 0.733. The number of carbonyl (C=O) groups is 1. The van der Waals surface area contributed by atoms with Crippen LogP contribution in [-0.2, 0) is 4.79 Å². The van der Waals surface area contributed by atoms with Gasteiger partial charge in [0.15, 0.2) is 0 Å². The first-order valence-corrected chi connectivity index (χ1v) is 7.16. The summed E-state index contributed by atoms with van der Waals surface area (Å²) < 4.78 is 5.13. The van der Waals surface area contributed by atoms with E-state index in [1.165, 1.54) is 6.42 Å². The van der Waals surface area contributed by atoms with Gasteiger partial charge >= 0.3 is 0 Å². The van der Waals surface area contributed by atoms with E-state index in [0.717, 1.165) is 24.3 Å². The average molecular weight is 276 g/mol. The Bertz CT molecular complexity index is 471. The van der Waals surface area contributed by atoms with Gasteiger partial charge in [0.25, 0.3) is 0 Å². The lowest BCUT2D eigenvalue weighted by molar-refractivity contribution is -0.115. The Morgan fingerprint density at radius 2 is 2.25 bits per heavy atom. The summed E-state index contributed by atoms with van der Waals surface area (Å²) in [6, 6.07) is 7.85. The molecular formula is C16H24N2O2. The van der Waals surface area contributed by atoms with E-state index < -0.39 is 0 Å². The number of anilines is 1.